The maximum Gasteiger partial charge on any atom is 0.248 e. The summed E-state index contributed by atoms with van der Waals surface area (Å²) in [5, 5.41) is 0. The highest BCUT2D eigenvalue weighted by Crippen LogP contribution is 2.33. The topological polar surface area (TPSA) is 46.2 Å². The Morgan fingerprint density at radius 1 is 1.25 bits per heavy atom. The molecule has 0 spiro atoms. The van der Waals surface area contributed by atoms with Crippen molar-refractivity contribution in [3.63, 3.8) is 0 Å². The summed E-state index contributed by atoms with van der Waals surface area (Å²) in [4.78, 5) is -0.182. The molecule has 0 saturated heterocycles. The molecule has 2 rings (SSSR count). The number of alkyl halides is 2. The molecule has 0 heterocycles. The third-order valence-electron chi connectivity index (χ3n) is 3.49. The zero-order chi connectivity index (χ0) is 15.0. The van der Waals surface area contributed by atoms with Crippen LogP contribution in [0.15, 0.2) is 23.1 Å². The van der Waals surface area contributed by atoms with Crippen LogP contribution in [0.2, 0.25) is 0 Å². The van der Waals surface area contributed by atoms with E-state index in [-0.39, 0.29) is 30.6 Å². The average molecular weight is 307 g/mol. The van der Waals surface area contributed by atoms with E-state index >= 15 is 0 Å². The highest BCUT2D eigenvalue weighted by Gasteiger charge is 2.36. The third kappa shape index (κ3) is 3.52. The zero-order valence-corrected chi connectivity index (χ0v) is 11.8. The van der Waals surface area contributed by atoms with Crippen molar-refractivity contribution in [1.82, 2.24) is 4.72 Å². The van der Waals surface area contributed by atoms with Gasteiger partial charge in [-0.2, -0.15) is 0 Å². The van der Waals surface area contributed by atoms with Gasteiger partial charge in [-0.05, 0) is 37.5 Å². The predicted octanol–water partition coefficient (Wildman–Crippen LogP) is 2.99. The normalized spacial score (nSPS) is 20.0. The molecule has 0 bridgehead atoms. The first kappa shape index (κ1) is 15.3. The van der Waals surface area contributed by atoms with Crippen LogP contribution in [0.3, 0.4) is 0 Å². The van der Waals surface area contributed by atoms with Crippen molar-refractivity contribution in [1.29, 1.82) is 0 Å². The van der Waals surface area contributed by atoms with Gasteiger partial charge in [0.05, 0.1) is 4.90 Å². The molecule has 1 aliphatic rings. The number of halogens is 3. The lowest BCUT2D eigenvalue weighted by atomic mass is 9.93. The number of nitrogens with one attached hydrogen (secondary N) is 1. The molecule has 1 fully saturated rings. The Morgan fingerprint density at radius 3 is 2.40 bits per heavy atom. The van der Waals surface area contributed by atoms with Crippen LogP contribution in [0.1, 0.15) is 31.2 Å². The Bertz CT molecular complexity index is 592. The van der Waals surface area contributed by atoms with E-state index in [0.29, 0.717) is 5.56 Å². The van der Waals surface area contributed by atoms with Crippen molar-refractivity contribution in [2.45, 2.75) is 49.5 Å². The summed E-state index contributed by atoms with van der Waals surface area (Å²) in [6.45, 7) is 1.53. The van der Waals surface area contributed by atoms with Gasteiger partial charge in [0.2, 0.25) is 15.9 Å². The summed E-state index contributed by atoms with van der Waals surface area (Å²) in [5.74, 6) is -3.32. The maximum absolute atomic E-state index is 13.4. The number of rotatable bonds is 3. The van der Waals surface area contributed by atoms with Crippen LogP contribution in [-0.4, -0.2) is 20.4 Å². The lowest BCUT2D eigenvalue weighted by Crippen LogP contribution is -2.40. The van der Waals surface area contributed by atoms with Crippen LogP contribution >= 0.6 is 0 Å². The number of sulfonamides is 1. The fourth-order valence-corrected chi connectivity index (χ4v) is 3.50. The second-order valence-corrected chi connectivity index (χ2v) is 6.88. The molecule has 1 aromatic carbocycles. The summed E-state index contributed by atoms with van der Waals surface area (Å²) in [6, 6.07) is 3.09. The van der Waals surface area contributed by atoms with Crippen LogP contribution < -0.4 is 4.72 Å². The summed E-state index contributed by atoms with van der Waals surface area (Å²) in [7, 11) is -3.87. The summed E-state index contributed by atoms with van der Waals surface area (Å²) < 4.78 is 65.9. The molecule has 0 unspecified atom stereocenters. The van der Waals surface area contributed by atoms with Gasteiger partial charge in [0.25, 0.3) is 0 Å². The van der Waals surface area contributed by atoms with E-state index in [1.54, 1.807) is 0 Å². The zero-order valence-electron chi connectivity index (χ0n) is 11.0. The van der Waals surface area contributed by atoms with Crippen molar-refractivity contribution in [2.24, 2.45) is 0 Å². The van der Waals surface area contributed by atoms with Crippen molar-refractivity contribution in [2.75, 3.05) is 0 Å². The molecule has 0 aliphatic heterocycles. The Kier molecular flexibility index (Phi) is 4.11. The second kappa shape index (κ2) is 5.37. The lowest BCUT2D eigenvalue weighted by Gasteiger charge is -2.28. The minimum atomic E-state index is -3.87. The molecule has 0 amide bonds. The second-order valence-electron chi connectivity index (χ2n) is 5.16. The first-order valence-corrected chi connectivity index (χ1v) is 7.84. The van der Waals surface area contributed by atoms with Crippen LogP contribution in [0.4, 0.5) is 13.2 Å². The van der Waals surface area contributed by atoms with Crippen LogP contribution in [0.25, 0.3) is 0 Å². The first-order chi connectivity index (χ1) is 9.20. The number of aryl methyl sites for hydroxylation is 1. The van der Waals surface area contributed by atoms with E-state index in [1.165, 1.54) is 19.1 Å². The van der Waals surface area contributed by atoms with Crippen LogP contribution in [0, 0.1) is 12.7 Å². The van der Waals surface area contributed by atoms with E-state index in [0.717, 1.165) is 6.07 Å². The highest BCUT2D eigenvalue weighted by atomic mass is 32.2. The van der Waals surface area contributed by atoms with Crippen molar-refractivity contribution in [3.8, 4) is 0 Å². The van der Waals surface area contributed by atoms with Crippen molar-refractivity contribution < 1.29 is 21.6 Å². The van der Waals surface area contributed by atoms with E-state index < -0.39 is 27.8 Å². The molecule has 1 saturated carbocycles. The molecule has 3 nitrogen and oxygen atoms in total. The minimum Gasteiger partial charge on any atom is -0.208 e. The van der Waals surface area contributed by atoms with E-state index in [4.69, 9.17) is 0 Å². The summed E-state index contributed by atoms with van der Waals surface area (Å²) in [5.41, 5.74) is 0.348. The van der Waals surface area contributed by atoms with Gasteiger partial charge in [0.15, 0.2) is 0 Å². The first-order valence-electron chi connectivity index (χ1n) is 6.36. The van der Waals surface area contributed by atoms with Gasteiger partial charge in [0, 0.05) is 18.9 Å². The fraction of sp³-hybridized carbons (Fsp3) is 0.538. The third-order valence-corrected chi connectivity index (χ3v) is 5.01. The van der Waals surface area contributed by atoms with Crippen LogP contribution in [-0.2, 0) is 10.0 Å². The molecule has 1 aliphatic carbocycles. The molecule has 0 radical (unpaired) electrons. The van der Waals surface area contributed by atoms with Crippen molar-refractivity contribution in [3.05, 3.63) is 29.6 Å². The number of hydrogen-bond acceptors (Lipinski definition) is 2. The summed E-state index contributed by atoms with van der Waals surface area (Å²) in [6.07, 6.45) is -0.494. The smallest absolute Gasteiger partial charge is 0.208 e. The molecule has 0 aromatic heterocycles. The molecule has 1 aromatic rings. The van der Waals surface area contributed by atoms with E-state index in [2.05, 4.69) is 4.72 Å². The Hall–Kier alpha value is -1.08. The molecule has 112 valence electrons. The number of benzene rings is 1. The number of hydrogen-bond donors (Lipinski definition) is 1. The average Bonchev–Trinajstić information content (AvgIpc) is 2.35. The van der Waals surface area contributed by atoms with Crippen LogP contribution in [0.5, 0.6) is 0 Å². The fourth-order valence-electron chi connectivity index (χ4n) is 2.19. The predicted molar refractivity (Wildman–Crippen MR) is 68.7 cm³/mol. The van der Waals surface area contributed by atoms with Gasteiger partial charge in [-0.3, -0.25) is 0 Å². The van der Waals surface area contributed by atoms with Gasteiger partial charge in [-0.1, -0.05) is 6.07 Å². The molecule has 0 atom stereocenters. The highest BCUT2D eigenvalue weighted by molar-refractivity contribution is 7.89. The van der Waals surface area contributed by atoms with E-state index in [1.807, 2.05) is 0 Å². The molecular weight excluding hydrogens is 291 g/mol. The standard InChI is InChI=1S/C13H16F3NO2S/c1-9-2-3-11(8-12(9)14)20(18,19)17-10-4-6-13(15,16)7-5-10/h2-3,8,10,17H,4-7H2,1H3. The summed E-state index contributed by atoms with van der Waals surface area (Å²) >= 11 is 0. The Labute approximate surface area is 116 Å². The van der Waals surface area contributed by atoms with Gasteiger partial charge < -0.3 is 0 Å². The Morgan fingerprint density at radius 2 is 1.85 bits per heavy atom. The largest absolute Gasteiger partial charge is 0.248 e. The molecule has 20 heavy (non-hydrogen) atoms. The van der Waals surface area contributed by atoms with Crippen molar-refractivity contribution >= 4 is 10.0 Å². The van der Waals surface area contributed by atoms with Gasteiger partial charge in [-0.25, -0.2) is 26.3 Å². The quantitative estimate of drug-likeness (QED) is 0.933. The lowest BCUT2D eigenvalue weighted by molar-refractivity contribution is -0.0387. The molecule has 7 heteroatoms. The molecule has 1 N–H and O–H groups in total. The molecular formula is C13H16F3NO2S. The SMILES string of the molecule is Cc1ccc(S(=O)(=O)NC2CCC(F)(F)CC2)cc1F. The van der Waals surface area contributed by atoms with Gasteiger partial charge >= 0.3 is 0 Å². The minimum absolute atomic E-state index is 0.0839. The van der Waals surface area contributed by atoms with Gasteiger partial charge in [-0.15, -0.1) is 0 Å². The maximum atomic E-state index is 13.4. The monoisotopic (exact) mass is 307 g/mol. The Balaban J connectivity index is 2.10. The van der Waals surface area contributed by atoms with Gasteiger partial charge in [0.1, 0.15) is 5.82 Å². The van der Waals surface area contributed by atoms with E-state index in [9.17, 15) is 21.6 Å².